The summed E-state index contributed by atoms with van der Waals surface area (Å²) in [4.78, 5) is 26.7. The molecule has 21 heavy (non-hydrogen) atoms. The molecular formula is C13H11F3N2O3. The van der Waals surface area contributed by atoms with Gasteiger partial charge in [-0.25, -0.2) is 9.69 Å². The number of carbonyl (C=O) groups is 2. The van der Waals surface area contributed by atoms with E-state index in [1.165, 1.54) is 4.90 Å². The molecule has 112 valence electrons. The molecule has 0 N–H and O–H groups in total. The van der Waals surface area contributed by atoms with Gasteiger partial charge in [-0.15, -0.1) is 0 Å². The van der Waals surface area contributed by atoms with E-state index in [0.717, 1.165) is 29.2 Å². The first-order chi connectivity index (χ1) is 9.89. The van der Waals surface area contributed by atoms with E-state index in [2.05, 4.69) is 0 Å². The van der Waals surface area contributed by atoms with E-state index >= 15 is 0 Å². The molecule has 0 radical (unpaired) electrons. The Morgan fingerprint density at radius 3 is 2.38 bits per heavy atom. The third-order valence-electron chi connectivity index (χ3n) is 3.52. The Kier molecular flexibility index (Phi) is 3.12. The molecule has 0 spiro atoms. The number of benzene rings is 1. The van der Waals surface area contributed by atoms with Crippen LogP contribution >= 0.6 is 0 Å². The Bertz CT molecular complexity index is 561. The summed E-state index contributed by atoms with van der Waals surface area (Å²) in [5, 5.41) is 0. The molecule has 1 aromatic carbocycles. The largest absolute Gasteiger partial charge is 0.416 e. The first-order valence-corrected chi connectivity index (χ1v) is 6.29. The van der Waals surface area contributed by atoms with Crippen molar-refractivity contribution in [2.75, 3.05) is 24.7 Å². The van der Waals surface area contributed by atoms with Crippen LogP contribution in [0, 0.1) is 0 Å². The van der Waals surface area contributed by atoms with Crippen LogP contribution in [0.25, 0.3) is 0 Å². The summed E-state index contributed by atoms with van der Waals surface area (Å²) in [6.45, 7) is 0.754. The zero-order valence-electron chi connectivity index (χ0n) is 10.8. The number of rotatable bonds is 1. The van der Waals surface area contributed by atoms with Gasteiger partial charge in [-0.3, -0.25) is 4.79 Å². The molecular weight excluding hydrogens is 289 g/mol. The van der Waals surface area contributed by atoms with Gasteiger partial charge in [0.1, 0.15) is 6.04 Å². The summed E-state index contributed by atoms with van der Waals surface area (Å²) >= 11 is 0. The van der Waals surface area contributed by atoms with E-state index < -0.39 is 29.7 Å². The van der Waals surface area contributed by atoms with Crippen LogP contribution in [0.1, 0.15) is 5.56 Å². The summed E-state index contributed by atoms with van der Waals surface area (Å²) in [6.07, 6.45) is -4.46. The molecule has 8 heteroatoms. The van der Waals surface area contributed by atoms with Crippen molar-refractivity contribution in [1.29, 1.82) is 0 Å². The quantitative estimate of drug-likeness (QED) is 0.744. The summed E-state index contributed by atoms with van der Waals surface area (Å²) in [7, 11) is 0. The third kappa shape index (κ3) is 2.25. The minimum absolute atomic E-state index is 0.113. The van der Waals surface area contributed by atoms with Gasteiger partial charge in [-0.2, -0.15) is 13.2 Å². The molecule has 0 bridgehead atoms. The Morgan fingerprint density at radius 2 is 1.81 bits per heavy atom. The van der Waals surface area contributed by atoms with Crippen molar-refractivity contribution in [2.45, 2.75) is 12.2 Å². The summed E-state index contributed by atoms with van der Waals surface area (Å²) < 4.78 is 42.7. The highest BCUT2D eigenvalue weighted by Crippen LogP contribution is 2.32. The van der Waals surface area contributed by atoms with Crippen LogP contribution in [-0.4, -0.2) is 42.6 Å². The zero-order valence-corrected chi connectivity index (χ0v) is 10.8. The maximum atomic E-state index is 12.5. The van der Waals surface area contributed by atoms with Crippen LogP contribution in [0.2, 0.25) is 0 Å². The molecule has 2 aliphatic heterocycles. The molecule has 2 heterocycles. The highest BCUT2D eigenvalue weighted by atomic mass is 19.4. The van der Waals surface area contributed by atoms with Gasteiger partial charge >= 0.3 is 12.2 Å². The van der Waals surface area contributed by atoms with E-state index in [-0.39, 0.29) is 12.3 Å². The maximum absolute atomic E-state index is 12.5. The van der Waals surface area contributed by atoms with Crippen molar-refractivity contribution in [1.82, 2.24) is 4.90 Å². The van der Waals surface area contributed by atoms with E-state index in [1.807, 2.05) is 0 Å². The molecule has 2 saturated heterocycles. The van der Waals surface area contributed by atoms with Gasteiger partial charge in [-0.05, 0) is 24.3 Å². The Labute approximate surface area is 117 Å². The number of carbonyl (C=O) groups excluding carboxylic acids is 2. The predicted molar refractivity (Wildman–Crippen MR) is 65.6 cm³/mol. The monoisotopic (exact) mass is 300 g/mol. The molecule has 0 aliphatic carbocycles. The fourth-order valence-corrected chi connectivity index (χ4v) is 2.45. The maximum Gasteiger partial charge on any atom is 0.416 e. The smallest absolute Gasteiger partial charge is 0.377 e. The molecule has 3 amide bonds. The van der Waals surface area contributed by atoms with Gasteiger partial charge in [0.2, 0.25) is 0 Å². The Hall–Kier alpha value is -2.09. The van der Waals surface area contributed by atoms with E-state index in [4.69, 9.17) is 4.74 Å². The van der Waals surface area contributed by atoms with Crippen molar-refractivity contribution >= 4 is 17.6 Å². The van der Waals surface area contributed by atoms with Crippen molar-refractivity contribution in [3.05, 3.63) is 29.8 Å². The molecule has 2 fully saturated rings. The molecule has 0 saturated carbocycles. The number of ether oxygens (including phenoxy) is 1. The number of hydrogen-bond acceptors (Lipinski definition) is 3. The lowest BCUT2D eigenvalue weighted by molar-refractivity contribution is -0.137. The van der Waals surface area contributed by atoms with Crippen molar-refractivity contribution < 1.29 is 27.5 Å². The van der Waals surface area contributed by atoms with Crippen molar-refractivity contribution in [2.24, 2.45) is 0 Å². The van der Waals surface area contributed by atoms with Gasteiger partial charge < -0.3 is 9.64 Å². The molecule has 1 unspecified atom stereocenters. The van der Waals surface area contributed by atoms with E-state index in [1.54, 1.807) is 0 Å². The van der Waals surface area contributed by atoms with Gasteiger partial charge in [0.25, 0.3) is 5.91 Å². The van der Waals surface area contributed by atoms with Crippen molar-refractivity contribution in [3.8, 4) is 0 Å². The minimum Gasteiger partial charge on any atom is -0.377 e. The first-order valence-electron chi connectivity index (χ1n) is 6.29. The molecule has 3 rings (SSSR count). The van der Waals surface area contributed by atoms with Gasteiger partial charge in [0.05, 0.1) is 24.5 Å². The second kappa shape index (κ2) is 4.73. The number of hydrogen-bond donors (Lipinski definition) is 0. The number of halogens is 3. The van der Waals surface area contributed by atoms with Crippen LogP contribution < -0.4 is 4.90 Å². The van der Waals surface area contributed by atoms with Crippen LogP contribution in [0.4, 0.5) is 23.7 Å². The van der Waals surface area contributed by atoms with Gasteiger partial charge in [-0.1, -0.05) is 0 Å². The molecule has 0 aromatic heterocycles. The van der Waals surface area contributed by atoms with Gasteiger partial charge in [0, 0.05) is 6.54 Å². The summed E-state index contributed by atoms with van der Waals surface area (Å²) in [5.41, 5.74) is -0.696. The number of alkyl halides is 3. The Balaban J connectivity index is 1.90. The number of amides is 3. The molecule has 1 atom stereocenters. The number of nitrogens with zero attached hydrogens (tertiary/aromatic N) is 2. The van der Waals surface area contributed by atoms with Crippen LogP contribution in [0.3, 0.4) is 0 Å². The second-order valence-electron chi connectivity index (χ2n) is 4.78. The molecule has 5 nitrogen and oxygen atoms in total. The first kappa shape index (κ1) is 13.9. The Morgan fingerprint density at radius 1 is 1.14 bits per heavy atom. The number of fused-ring (bicyclic) bond motifs is 1. The predicted octanol–water partition coefficient (Wildman–Crippen LogP) is 1.87. The fourth-order valence-electron chi connectivity index (χ4n) is 2.45. The number of morpholine rings is 1. The van der Waals surface area contributed by atoms with E-state index in [9.17, 15) is 22.8 Å². The average Bonchev–Trinajstić information content (AvgIpc) is 2.71. The van der Waals surface area contributed by atoms with Crippen molar-refractivity contribution in [3.63, 3.8) is 0 Å². The summed E-state index contributed by atoms with van der Waals surface area (Å²) in [6, 6.07) is 2.74. The fraction of sp³-hybridized carbons (Fsp3) is 0.385. The highest BCUT2D eigenvalue weighted by Gasteiger charge is 2.47. The lowest BCUT2D eigenvalue weighted by Gasteiger charge is -2.26. The highest BCUT2D eigenvalue weighted by molar-refractivity contribution is 6.21. The van der Waals surface area contributed by atoms with Crippen LogP contribution in [0.5, 0.6) is 0 Å². The average molecular weight is 300 g/mol. The second-order valence-corrected chi connectivity index (χ2v) is 4.78. The van der Waals surface area contributed by atoms with E-state index in [0.29, 0.717) is 13.2 Å². The lowest BCUT2D eigenvalue weighted by atomic mass is 10.2. The summed E-state index contributed by atoms with van der Waals surface area (Å²) in [5.74, 6) is -0.473. The van der Waals surface area contributed by atoms with Crippen LogP contribution in [-0.2, 0) is 15.7 Å². The number of imide groups is 1. The normalized spacial score (nSPS) is 22.7. The molecule has 1 aromatic rings. The minimum atomic E-state index is -4.46. The van der Waals surface area contributed by atoms with Gasteiger partial charge in [0.15, 0.2) is 0 Å². The zero-order chi connectivity index (χ0) is 15.2. The topological polar surface area (TPSA) is 49.9 Å². The standard InChI is InChI=1S/C13H11F3N2O3/c14-13(15,16)8-1-3-9(4-2-8)18-11(19)10-7-21-6-5-17(10)12(18)20/h1-4,10H,5-7H2. The number of urea groups is 1. The van der Waals surface area contributed by atoms with Crippen LogP contribution in [0.15, 0.2) is 24.3 Å². The molecule has 2 aliphatic rings. The SMILES string of the molecule is O=C1C2COCCN2C(=O)N1c1ccc(C(F)(F)F)cc1. The number of anilines is 1. The lowest BCUT2D eigenvalue weighted by Crippen LogP contribution is -2.45. The third-order valence-corrected chi connectivity index (χ3v) is 3.52.